The quantitative estimate of drug-likeness (QED) is 0.758. The minimum atomic E-state index is -0.581. The number of rotatable bonds is 1. The van der Waals surface area contributed by atoms with Gasteiger partial charge in [-0.25, -0.2) is 14.2 Å². The number of benzene rings is 1. The number of aromatic nitrogens is 1. The summed E-state index contributed by atoms with van der Waals surface area (Å²) >= 11 is 0. The lowest BCUT2D eigenvalue weighted by Crippen LogP contribution is -2.38. The zero-order valence-corrected chi connectivity index (χ0v) is 15.3. The molecule has 0 atom stereocenters. The summed E-state index contributed by atoms with van der Waals surface area (Å²) in [7, 11) is 0. The van der Waals surface area contributed by atoms with Gasteiger partial charge in [-0.1, -0.05) is 18.2 Å². The number of halogens is 1. The number of ether oxygens (including phenoxy) is 2. The molecule has 5 nitrogen and oxygen atoms in total. The summed E-state index contributed by atoms with van der Waals surface area (Å²) < 4.78 is 25.6. The molecule has 0 N–H and O–H groups in total. The third-order valence-electron chi connectivity index (χ3n) is 3.99. The van der Waals surface area contributed by atoms with Crippen molar-refractivity contribution < 1.29 is 18.7 Å². The molecule has 1 aromatic heterocycles. The standard InChI is InChI=1S/C20H23FN2O3/c1-20(2,3)26-19(24)23-11-6-12-25-18-16(13-23)14(9-10-22-18)15-7-4-5-8-17(15)21/h4-5,7-10H,6,11-13H2,1-3H3. The first-order valence-electron chi connectivity index (χ1n) is 8.68. The predicted molar refractivity (Wildman–Crippen MR) is 96.4 cm³/mol. The molecule has 0 fully saturated rings. The molecule has 0 radical (unpaired) electrons. The van der Waals surface area contributed by atoms with E-state index in [1.165, 1.54) is 6.07 Å². The van der Waals surface area contributed by atoms with Crippen LogP contribution < -0.4 is 4.74 Å². The first kappa shape index (κ1) is 18.2. The Morgan fingerprint density at radius 1 is 1.23 bits per heavy atom. The Labute approximate surface area is 152 Å². The van der Waals surface area contributed by atoms with Gasteiger partial charge < -0.3 is 14.4 Å². The predicted octanol–water partition coefficient (Wildman–Crippen LogP) is 4.41. The summed E-state index contributed by atoms with van der Waals surface area (Å²) in [5, 5.41) is 0. The third kappa shape index (κ3) is 4.12. The first-order valence-corrected chi connectivity index (χ1v) is 8.68. The van der Waals surface area contributed by atoms with Gasteiger partial charge in [0.2, 0.25) is 5.88 Å². The van der Waals surface area contributed by atoms with Crippen LogP contribution in [0, 0.1) is 5.82 Å². The van der Waals surface area contributed by atoms with Gasteiger partial charge in [-0.15, -0.1) is 0 Å². The van der Waals surface area contributed by atoms with Gasteiger partial charge in [-0.2, -0.15) is 0 Å². The van der Waals surface area contributed by atoms with E-state index in [0.717, 1.165) is 0 Å². The van der Waals surface area contributed by atoms with E-state index in [1.807, 2.05) is 20.8 Å². The Balaban J connectivity index is 2.00. The van der Waals surface area contributed by atoms with Gasteiger partial charge in [0.15, 0.2) is 0 Å². The van der Waals surface area contributed by atoms with Gasteiger partial charge in [-0.3, -0.25) is 0 Å². The smallest absolute Gasteiger partial charge is 0.410 e. The SMILES string of the molecule is CC(C)(C)OC(=O)N1CCCOc2nccc(-c3ccccc3F)c2C1. The maximum atomic E-state index is 14.3. The maximum absolute atomic E-state index is 14.3. The molecular weight excluding hydrogens is 335 g/mol. The van der Waals surface area contributed by atoms with Crippen LogP contribution in [0.15, 0.2) is 36.5 Å². The van der Waals surface area contributed by atoms with E-state index < -0.39 is 11.7 Å². The molecule has 0 saturated carbocycles. The third-order valence-corrected chi connectivity index (χ3v) is 3.99. The summed E-state index contributed by atoms with van der Waals surface area (Å²) in [6.45, 7) is 6.68. The van der Waals surface area contributed by atoms with Gasteiger partial charge in [0.25, 0.3) is 0 Å². The average Bonchev–Trinajstić information content (AvgIpc) is 2.54. The van der Waals surface area contributed by atoms with Gasteiger partial charge in [0.05, 0.1) is 13.2 Å². The Morgan fingerprint density at radius 2 is 2.00 bits per heavy atom. The van der Waals surface area contributed by atoms with E-state index in [9.17, 15) is 9.18 Å². The van der Waals surface area contributed by atoms with Crippen molar-refractivity contribution in [1.82, 2.24) is 9.88 Å². The Hall–Kier alpha value is -2.63. The monoisotopic (exact) mass is 358 g/mol. The highest BCUT2D eigenvalue weighted by molar-refractivity contribution is 5.72. The Morgan fingerprint density at radius 3 is 2.73 bits per heavy atom. The zero-order valence-electron chi connectivity index (χ0n) is 15.3. The molecule has 2 heterocycles. The molecule has 26 heavy (non-hydrogen) atoms. The van der Waals surface area contributed by atoms with Crippen molar-refractivity contribution in [3.05, 3.63) is 47.9 Å². The lowest BCUT2D eigenvalue weighted by molar-refractivity contribution is 0.0214. The topological polar surface area (TPSA) is 51.7 Å². The molecule has 1 aliphatic rings. The lowest BCUT2D eigenvalue weighted by atomic mass is 10.00. The van der Waals surface area contributed by atoms with Gasteiger partial charge >= 0.3 is 6.09 Å². The molecule has 2 aromatic rings. The van der Waals surface area contributed by atoms with Crippen molar-refractivity contribution >= 4 is 6.09 Å². The van der Waals surface area contributed by atoms with Crippen LogP contribution in [-0.2, 0) is 11.3 Å². The van der Waals surface area contributed by atoms with Crippen LogP contribution >= 0.6 is 0 Å². The highest BCUT2D eigenvalue weighted by Crippen LogP contribution is 2.33. The van der Waals surface area contributed by atoms with E-state index in [1.54, 1.807) is 35.4 Å². The molecule has 1 amide bonds. The van der Waals surface area contributed by atoms with Crippen LogP contribution in [0.5, 0.6) is 5.88 Å². The number of pyridine rings is 1. The van der Waals surface area contributed by atoms with Crippen LogP contribution in [0.25, 0.3) is 11.1 Å². The van der Waals surface area contributed by atoms with E-state index in [4.69, 9.17) is 9.47 Å². The van der Waals surface area contributed by atoms with Crippen molar-refractivity contribution in [2.75, 3.05) is 13.2 Å². The van der Waals surface area contributed by atoms with E-state index >= 15 is 0 Å². The van der Waals surface area contributed by atoms with Crippen molar-refractivity contribution in [2.45, 2.75) is 39.3 Å². The highest BCUT2D eigenvalue weighted by atomic mass is 19.1. The van der Waals surface area contributed by atoms with Crippen LogP contribution in [0.4, 0.5) is 9.18 Å². The summed E-state index contributed by atoms with van der Waals surface area (Å²) in [5.74, 6) is 0.103. The lowest BCUT2D eigenvalue weighted by Gasteiger charge is -2.30. The van der Waals surface area contributed by atoms with Crippen molar-refractivity contribution in [2.24, 2.45) is 0 Å². The van der Waals surface area contributed by atoms with E-state index in [-0.39, 0.29) is 12.4 Å². The highest BCUT2D eigenvalue weighted by Gasteiger charge is 2.26. The van der Waals surface area contributed by atoms with Gasteiger partial charge in [0, 0.05) is 23.9 Å². The number of nitrogens with zero attached hydrogens (tertiary/aromatic N) is 2. The van der Waals surface area contributed by atoms with Gasteiger partial charge in [-0.05, 0) is 44.9 Å². The second-order valence-corrected chi connectivity index (χ2v) is 7.23. The van der Waals surface area contributed by atoms with Crippen LogP contribution in [0.3, 0.4) is 0 Å². The second-order valence-electron chi connectivity index (χ2n) is 7.23. The Bertz CT molecular complexity index is 802. The summed E-state index contributed by atoms with van der Waals surface area (Å²) in [6, 6.07) is 8.29. The molecule has 0 aliphatic carbocycles. The fourth-order valence-electron chi connectivity index (χ4n) is 2.86. The first-order chi connectivity index (χ1) is 12.3. The minimum absolute atomic E-state index is 0.252. The molecular formula is C20H23FN2O3. The van der Waals surface area contributed by atoms with Gasteiger partial charge in [0.1, 0.15) is 11.4 Å². The molecule has 1 aliphatic heterocycles. The number of hydrogen-bond donors (Lipinski definition) is 0. The van der Waals surface area contributed by atoms with E-state index in [0.29, 0.717) is 42.1 Å². The molecule has 0 saturated heterocycles. The average molecular weight is 358 g/mol. The summed E-state index contributed by atoms with van der Waals surface area (Å²) in [5.41, 5.74) is 1.23. The Kier molecular flexibility index (Phi) is 5.11. The molecule has 0 spiro atoms. The number of carbonyl (C=O) groups is 1. The van der Waals surface area contributed by atoms with Crippen molar-refractivity contribution in [1.29, 1.82) is 0 Å². The zero-order chi connectivity index (χ0) is 18.7. The second kappa shape index (κ2) is 7.32. The molecule has 6 heteroatoms. The van der Waals surface area contributed by atoms with E-state index in [2.05, 4.69) is 4.98 Å². The summed E-state index contributed by atoms with van der Waals surface area (Å²) in [4.78, 5) is 18.5. The van der Waals surface area contributed by atoms with Crippen LogP contribution in [0.2, 0.25) is 0 Å². The fraction of sp³-hybridized carbons (Fsp3) is 0.400. The normalized spacial score (nSPS) is 14.7. The molecule has 0 unspecified atom stereocenters. The van der Waals surface area contributed by atoms with Crippen LogP contribution in [0.1, 0.15) is 32.8 Å². The molecule has 3 rings (SSSR count). The van der Waals surface area contributed by atoms with Crippen molar-refractivity contribution in [3.8, 4) is 17.0 Å². The number of amides is 1. The maximum Gasteiger partial charge on any atom is 0.410 e. The molecule has 138 valence electrons. The fourth-order valence-corrected chi connectivity index (χ4v) is 2.86. The number of hydrogen-bond acceptors (Lipinski definition) is 4. The van der Waals surface area contributed by atoms with Crippen LogP contribution in [-0.4, -0.2) is 34.7 Å². The molecule has 1 aromatic carbocycles. The number of carbonyl (C=O) groups excluding carboxylic acids is 1. The largest absolute Gasteiger partial charge is 0.477 e. The summed E-state index contributed by atoms with van der Waals surface area (Å²) in [6.07, 6.45) is 1.87. The minimum Gasteiger partial charge on any atom is -0.477 e. The number of fused-ring (bicyclic) bond motifs is 1. The molecule has 0 bridgehead atoms. The van der Waals surface area contributed by atoms with Crippen molar-refractivity contribution in [3.63, 3.8) is 0 Å².